The summed E-state index contributed by atoms with van der Waals surface area (Å²) < 4.78 is 5.65. The second kappa shape index (κ2) is 6.45. The number of carbonyl (C=O) groups is 1. The monoisotopic (exact) mass is 328 g/mol. The Balaban J connectivity index is 1.69. The molecule has 3 aromatic rings. The molecule has 0 fully saturated rings. The number of carbonyl (C=O) groups excluding carboxylic acids is 1. The number of amides is 1. The highest BCUT2D eigenvalue weighted by Crippen LogP contribution is 2.26. The average Bonchev–Trinajstić information content (AvgIpc) is 3.23. The maximum Gasteiger partial charge on any atom is 0.282 e. The molecule has 0 radical (unpaired) electrons. The van der Waals surface area contributed by atoms with Gasteiger partial charge in [0.1, 0.15) is 17.1 Å². The predicted molar refractivity (Wildman–Crippen MR) is 86.3 cm³/mol. The number of rotatable bonds is 5. The first-order valence-electron chi connectivity index (χ1n) is 6.79. The highest BCUT2D eigenvalue weighted by molar-refractivity contribution is 7.13. The Bertz CT molecular complexity index is 839. The molecular weight excluding hydrogens is 316 g/mol. The Morgan fingerprint density at radius 1 is 1.17 bits per heavy atom. The number of nitro benzene ring substituents is 1. The van der Waals surface area contributed by atoms with Crippen molar-refractivity contribution in [1.82, 2.24) is 5.32 Å². The lowest BCUT2D eigenvalue weighted by molar-refractivity contribution is -0.385. The SMILES string of the molecule is O=C(NCc1ccc(-c2cccs2)o1)c1ccccc1[N+](=O)[O-]. The van der Waals surface area contributed by atoms with E-state index in [1.54, 1.807) is 23.5 Å². The van der Waals surface area contributed by atoms with Crippen molar-refractivity contribution in [2.24, 2.45) is 0 Å². The summed E-state index contributed by atoms with van der Waals surface area (Å²) in [4.78, 5) is 23.5. The molecule has 0 aliphatic rings. The van der Waals surface area contributed by atoms with Crippen LogP contribution in [0.4, 0.5) is 5.69 Å². The van der Waals surface area contributed by atoms with Gasteiger partial charge in [-0.1, -0.05) is 18.2 Å². The maximum atomic E-state index is 12.1. The lowest BCUT2D eigenvalue weighted by Crippen LogP contribution is -2.23. The van der Waals surface area contributed by atoms with Gasteiger partial charge < -0.3 is 9.73 Å². The minimum Gasteiger partial charge on any atom is -0.458 e. The summed E-state index contributed by atoms with van der Waals surface area (Å²) in [5.74, 6) is 0.807. The maximum absolute atomic E-state index is 12.1. The van der Waals surface area contributed by atoms with Gasteiger partial charge >= 0.3 is 0 Å². The molecule has 6 nitrogen and oxygen atoms in total. The first kappa shape index (κ1) is 15.0. The van der Waals surface area contributed by atoms with Crippen LogP contribution in [0.2, 0.25) is 0 Å². The Morgan fingerprint density at radius 2 is 2.00 bits per heavy atom. The molecular formula is C16H12N2O4S. The number of hydrogen-bond donors (Lipinski definition) is 1. The molecule has 0 spiro atoms. The van der Waals surface area contributed by atoms with E-state index in [-0.39, 0.29) is 17.8 Å². The number of hydrogen-bond acceptors (Lipinski definition) is 5. The van der Waals surface area contributed by atoms with Crippen LogP contribution in [0.5, 0.6) is 0 Å². The third kappa shape index (κ3) is 3.29. The van der Waals surface area contributed by atoms with Crippen molar-refractivity contribution in [3.8, 4) is 10.6 Å². The Morgan fingerprint density at radius 3 is 2.74 bits per heavy atom. The Labute approximate surface area is 135 Å². The summed E-state index contributed by atoms with van der Waals surface area (Å²) >= 11 is 1.56. The van der Waals surface area contributed by atoms with Crippen molar-refractivity contribution in [3.05, 3.63) is 75.3 Å². The third-order valence-electron chi connectivity index (χ3n) is 3.19. The van der Waals surface area contributed by atoms with Crippen molar-refractivity contribution >= 4 is 22.9 Å². The minimum atomic E-state index is -0.573. The van der Waals surface area contributed by atoms with Gasteiger partial charge in [-0.05, 0) is 29.6 Å². The van der Waals surface area contributed by atoms with E-state index in [1.807, 2.05) is 23.6 Å². The molecule has 2 aromatic heterocycles. The standard InChI is InChI=1S/C16H12N2O4S/c19-16(12-4-1-2-5-13(12)18(20)21)17-10-11-7-8-14(22-11)15-6-3-9-23-15/h1-9H,10H2,(H,17,19). The molecule has 0 bridgehead atoms. The van der Waals surface area contributed by atoms with Gasteiger partial charge in [0.15, 0.2) is 0 Å². The molecule has 0 saturated carbocycles. The van der Waals surface area contributed by atoms with E-state index in [0.29, 0.717) is 5.76 Å². The smallest absolute Gasteiger partial charge is 0.282 e. The number of para-hydroxylation sites is 1. The second-order valence-electron chi connectivity index (χ2n) is 4.70. The highest BCUT2D eigenvalue weighted by Gasteiger charge is 2.19. The largest absolute Gasteiger partial charge is 0.458 e. The molecule has 116 valence electrons. The van der Waals surface area contributed by atoms with Gasteiger partial charge in [0.25, 0.3) is 11.6 Å². The zero-order chi connectivity index (χ0) is 16.2. The summed E-state index contributed by atoms with van der Waals surface area (Å²) in [6.07, 6.45) is 0. The van der Waals surface area contributed by atoms with Crippen LogP contribution in [0.15, 0.2) is 58.3 Å². The van der Waals surface area contributed by atoms with Crippen LogP contribution < -0.4 is 5.32 Å². The second-order valence-corrected chi connectivity index (χ2v) is 5.65. The fraction of sp³-hybridized carbons (Fsp3) is 0.0625. The van der Waals surface area contributed by atoms with Crippen molar-refractivity contribution < 1.29 is 14.1 Å². The van der Waals surface area contributed by atoms with Crippen LogP contribution in [0.3, 0.4) is 0 Å². The fourth-order valence-electron chi connectivity index (χ4n) is 2.11. The summed E-state index contributed by atoms with van der Waals surface area (Å²) in [5.41, 5.74) is -0.189. The third-order valence-corrected chi connectivity index (χ3v) is 4.08. The number of nitrogens with one attached hydrogen (secondary N) is 1. The summed E-state index contributed by atoms with van der Waals surface area (Å²) in [5, 5.41) is 15.5. The normalized spacial score (nSPS) is 10.4. The summed E-state index contributed by atoms with van der Waals surface area (Å²) in [7, 11) is 0. The van der Waals surface area contributed by atoms with Gasteiger partial charge in [-0.3, -0.25) is 14.9 Å². The molecule has 23 heavy (non-hydrogen) atoms. The number of nitrogens with zero attached hydrogens (tertiary/aromatic N) is 1. The van der Waals surface area contributed by atoms with Crippen LogP contribution >= 0.6 is 11.3 Å². The fourth-order valence-corrected chi connectivity index (χ4v) is 2.80. The molecule has 1 N–H and O–H groups in total. The van der Waals surface area contributed by atoms with E-state index < -0.39 is 10.8 Å². The molecule has 0 aliphatic heterocycles. The first-order chi connectivity index (χ1) is 11.1. The van der Waals surface area contributed by atoms with Crippen LogP contribution in [0.1, 0.15) is 16.1 Å². The van der Waals surface area contributed by atoms with Gasteiger partial charge in [-0.2, -0.15) is 0 Å². The number of benzene rings is 1. The van der Waals surface area contributed by atoms with E-state index in [0.717, 1.165) is 10.6 Å². The number of furan rings is 1. The summed E-state index contributed by atoms with van der Waals surface area (Å²) in [6.45, 7) is 0.163. The first-order valence-corrected chi connectivity index (χ1v) is 7.67. The molecule has 0 atom stereocenters. The van der Waals surface area contributed by atoms with Gasteiger partial charge in [-0.15, -0.1) is 11.3 Å². The van der Waals surface area contributed by atoms with Gasteiger partial charge in [-0.25, -0.2) is 0 Å². The van der Waals surface area contributed by atoms with Gasteiger partial charge in [0, 0.05) is 6.07 Å². The molecule has 0 saturated heterocycles. The van der Waals surface area contributed by atoms with Crippen LogP contribution in [0.25, 0.3) is 10.6 Å². The quantitative estimate of drug-likeness (QED) is 0.569. The molecule has 1 aromatic carbocycles. The average molecular weight is 328 g/mol. The van der Waals surface area contributed by atoms with Crippen molar-refractivity contribution in [2.45, 2.75) is 6.54 Å². The molecule has 3 rings (SSSR count). The van der Waals surface area contributed by atoms with Crippen LogP contribution in [-0.4, -0.2) is 10.8 Å². The van der Waals surface area contributed by atoms with Crippen molar-refractivity contribution in [2.75, 3.05) is 0 Å². The number of nitro groups is 1. The minimum absolute atomic E-state index is 0.0301. The van der Waals surface area contributed by atoms with Crippen molar-refractivity contribution in [3.63, 3.8) is 0 Å². The van der Waals surface area contributed by atoms with E-state index in [2.05, 4.69) is 5.32 Å². The highest BCUT2D eigenvalue weighted by atomic mass is 32.1. The molecule has 0 unspecified atom stereocenters. The predicted octanol–water partition coefficient (Wildman–Crippen LogP) is 3.85. The van der Waals surface area contributed by atoms with Gasteiger partial charge in [0.2, 0.25) is 0 Å². The van der Waals surface area contributed by atoms with Crippen LogP contribution in [-0.2, 0) is 6.54 Å². The lowest BCUT2D eigenvalue weighted by Gasteiger charge is -2.04. The molecule has 1 amide bonds. The Kier molecular flexibility index (Phi) is 4.20. The molecule has 0 aliphatic carbocycles. The number of thiophene rings is 1. The van der Waals surface area contributed by atoms with Crippen molar-refractivity contribution in [1.29, 1.82) is 0 Å². The topological polar surface area (TPSA) is 85.4 Å². The van der Waals surface area contributed by atoms with E-state index >= 15 is 0 Å². The molecule has 2 heterocycles. The summed E-state index contributed by atoms with van der Waals surface area (Å²) in [6, 6.07) is 13.3. The van der Waals surface area contributed by atoms with E-state index in [9.17, 15) is 14.9 Å². The van der Waals surface area contributed by atoms with Crippen LogP contribution in [0, 0.1) is 10.1 Å². The molecule has 7 heteroatoms. The van der Waals surface area contributed by atoms with E-state index in [4.69, 9.17) is 4.42 Å². The lowest BCUT2D eigenvalue weighted by atomic mass is 10.1. The van der Waals surface area contributed by atoms with E-state index in [1.165, 1.54) is 18.2 Å². The zero-order valence-corrected chi connectivity index (χ0v) is 12.7. The van der Waals surface area contributed by atoms with Gasteiger partial charge in [0.05, 0.1) is 16.3 Å². The Hall–Kier alpha value is -2.93. The zero-order valence-electron chi connectivity index (χ0n) is 11.9.